The first-order chi connectivity index (χ1) is 13.5. The number of likely N-dealkylation sites (N-methyl/N-ethyl adjacent to an activating group) is 1. The van der Waals surface area contributed by atoms with Crippen molar-refractivity contribution < 1.29 is 9.59 Å². The van der Waals surface area contributed by atoms with Gasteiger partial charge in [-0.15, -0.1) is 0 Å². The molecule has 28 heavy (non-hydrogen) atoms. The maximum atomic E-state index is 12.4. The molecule has 148 valence electrons. The molecule has 7 heteroatoms. The fourth-order valence-electron chi connectivity index (χ4n) is 3.17. The summed E-state index contributed by atoms with van der Waals surface area (Å²) in [6.07, 6.45) is 1.37. The van der Waals surface area contributed by atoms with Crippen LogP contribution in [0, 0.1) is 0 Å². The number of nitrogens with one attached hydrogen (secondary N) is 3. The van der Waals surface area contributed by atoms with Crippen LogP contribution < -0.4 is 16.0 Å². The second kappa shape index (κ2) is 9.57. The minimum absolute atomic E-state index is 0.138. The summed E-state index contributed by atoms with van der Waals surface area (Å²) in [6, 6.07) is 14.8. The van der Waals surface area contributed by atoms with Crippen LogP contribution in [0.2, 0.25) is 5.02 Å². The van der Waals surface area contributed by atoms with Crippen molar-refractivity contribution in [2.45, 2.75) is 25.4 Å². The lowest BCUT2D eigenvalue weighted by molar-refractivity contribution is -0.129. The van der Waals surface area contributed by atoms with E-state index < -0.39 is 0 Å². The molecule has 1 atom stereocenters. The van der Waals surface area contributed by atoms with Gasteiger partial charge in [-0.2, -0.15) is 0 Å². The van der Waals surface area contributed by atoms with Crippen molar-refractivity contribution >= 4 is 29.2 Å². The Morgan fingerprint density at radius 2 is 1.75 bits per heavy atom. The molecule has 0 aliphatic carbocycles. The summed E-state index contributed by atoms with van der Waals surface area (Å²) < 4.78 is 0. The van der Waals surface area contributed by atoms with E-state index in [1.54, 1.807) is 12.1 Å². The van der Waals surface area contributed by atoms with E-state index >= 15 is 0 Å². The molecule has 0 saturated carbocycles. The summed E-state index contributed by atoms with van der Waals surface area (Å²) in [5.41, 5.74) is 2.59. The Morgan fingerprint density at radius 3 is 2.39 bits per heavy atom. The third-order valence-corrected chi connectivity index (χ3v) is 5.13. The van der Waals surface area contributed by atoms with E-state index in [2.05, 4.69) is 16.0 Å². The van der Waals surface area contributed by atoms with Crippen LogP contribution >= 0.6 is 11.6 Å². The zero-order valence-corrected chi connectivity index (χ0v) is 16.6. The fourth-order valence-corrected chi connectivity index (χ4v) is 3.30. The van der Waals surface area contributed by atoms with Gasteiger partial charge in [0.2, 0.25) is 5.91 Å². The molecule has 1 heterocycles. The first-order valence-electron chi connectivity index (χ1n) is 9.37. The number of carbonyl (C=O) groups is 2. The van der Waals surface area contributed by atoms with Gasteiger partial charge in [-0.05, 0) is 48.9 Å². The average molecular weight is 401 g/mol. The van der Waals surface area contributed by atoms with Gasteiger partial charge in [0.15, 0.2) is 0 Å². The zero-order valence-electron chi connectivity index (χ0n) is 15.9. The molecule has 0 radical (unpaired) electrons. The molecule has 3 amide bonds. The van der Waals surface area contributed by atoms with Gasteiger partial charge in [0.25, 0.3) is 0 Å². The number of nitrogens with zero attached hydrogens (tertiary/aromatic N) is 1. The lowest BCUT2D eigenvalue weighted by Crippen LogP contribution is -2.34. The molecule has 3 rings (SSSR count). The number of amides is 3. The summed E-state index contributed by atoms with van der Waals surface area (Å²) in [4.78, 5) is 26.3. The number of hydrogen-bond acceptors (Lipinski definition) is 3. The number of hydrogen-bond donors (Lipinski definition) is 3. The molecule has 1 aliphatic rings. The molecule has 2 aromatic rings. The van der Waals surface area contributed by atoms with Gasteiger partial charge in [0.1, 0.15) is 0 Å². The largest absolute Gasteiger partial charge is 0.341 e. The minimum atomic E-state index is -0.283. The van der Waals surface area contributed by atoms with Gasteiger partial charge in [-0.3, -0.25) is 4.79 Å². The number of rotatable bonds is 6. The zero-order chi connectivity index (χ0) is 19.9. The highest BCUT2D eigenvalue weighted by Crippen LogP contribution is 2.14. The number of carbonyl (C=O) groups excluding carboxylic acids is 2. The molecule has 1 aliphatic heterocycles. The lowest BCUT2D eigenvalue weighted by atomic mass is 10.1. The molecule has 1 saturated heterocycles. The highest BCUT2D eigenvalue weighted by molar-refractivity contribution is 6.30. The van der Waals surface area contributed by atoms with E-state index in [4.69, 9.17) is 11.6 Å². The third kappa shape index (κ3) is 5.71. The maximum Gasteiger partial charge on any atom is 0.319 e. The van der Waals surface area contributed by atoms with Gasteiger partial charge >= 0.3 is 6.03 Å². The van der Waals surface area contributed by atoms with Crippen molar-refractivity contribution in [3.8, 4) is 0 Å². The summed E-state index contributed by atoms with van der Waals surface area (Å²) in [7, 11) is 1.93. The lowest BCUT2D eigenvalue weighted by Gasteiger charge is -2.16. The SMILES string of the molecule is CN[C@@H]1CCN(C(=O)Cc2ccc(NC(=O)NCc3ccc(Cl)cc3)cc2)C1. The molecule has 3 N–H and O–H groups in total. The van der Waals surface area contributed by atoms with Crippen LogP contribution in [0.15, 0.2) is 48.5 Å². The van der Waals surface area contributed by atoms with Crippen LogP contribution in [0.25, 0.3) is 0 Å². The summed E-state index contributed by atoms with van der Waals surface area (Å²) in [5.74, 6) is 0.138. The van der Waals surface area contributed by atoms with Gasteiger partial charge < -0.3 is 20.9 Å². The summed E-state index contributed by atoms with van der Waals surface area (Å²) in [5, 5.41) is 9.47. The third-order valence-electron chi connectivity index (χ3n) is 4.88. The topological polar surface area (TPSA) is 73.5 Å². The second-order valence-electron chi connectivity index (χ2n) is 6.92. The molecule has 0 aromatic heterocycles. The van der Waals surface area contributed by atoms with Crippen molar-refractivity contribution in [2.75, 3.05) is 25.5 Å². The number of likely N-dealkylation sites (tertiary alicyclic amines) is 1. The Balaban J connectivity index is 1.45. The van der Waals surface area contributed by atoms with Crippen molar-refractivity contribution in [1.29, 1.82) is 0 Å². The maximum absolute atomic E-state index is 12.4. The van der Waals surface area contributed by atoms with Gasteiger partial charge in [0, 0.05) is 36.4 Å². The van der Waals surface area contributed by atoms with Crippen molar-refractivity contribution in [2.24, 2.45) is 0 Å². The molecule has 0 spiro atoms. The number of benzene rings is 2. The molecule has 0 unspecified atom stereocenters. The first kappa shape index (κ1) is 20.2. The predicted molar refractivity (Wildman–Crippen MR) is 112 cm³/mol. The van der Waals surface area contributed by atoms with Gasteiger partial charge in [-0.25, -0.2) is 4.79 Å². The van der Waals surface area contributed by atoms with Crippen molar-refractivity contribution in [1.82, 2.24) is 15.5 Å². The van der Waals surface area contributed by atoms with Crippen LogP contribution in [0.1, 0.15) is 17.5 Å². The molecule has 2 aromatic carbocycles. The fraction of sp³-hybridized carbons (Fsp3) is 0.333. The number of anilines is 1. The van der Waals surface area contributed by atoms with E-state index in [0.717, 1.165) is 30.6 Å². The van der Waals surface area contributed by atoms with Crippen LogP contribution in [0.3, 0.4) is 0 Å². The van der Waals surface area contributed by atoms with E-state index in [1.807, 2.05) is 48.3 Å². The van der Waals surface area contributed by atoms with Gasteiger partial charge in [0.05, 0.1) is 6.42 Å². The normalized spacial score (nSPS) is 16.1. The minimum Gasteiger partial charge on any atom is -0.341 e. The number of urea groups is 1. The molecule has 6 nitrogen and oxygen atoms in total. The van der Waals surface area contributed by atoms with Crippen LogP contribution in [0.5, 0.6) is 0 Å². The first-order valence-corrected chi connectivity index (χ1v) is 9.74. The smallest absolute Gasteiger partial charge is 0.319 e. The van der Waals surface area contributed by atoms with E-state index in [-0.39, 0.29) is 11.9 Å². The van der Waals surface area contributed by atoms with Crippen LogP contribution in [-0.2, 0) is 17.8 Å². The quantitative estimate of drug-likeness (QED) is 0.697. The van der Waals surface area contributed by atoms with E-state index in [9.17, 15) is 9.59 Å². The summed E-state index contributed by atoms with van der Waals surface area (Å²) >= 11 is 5.85. The predicted octanol–water partition coefficient (Wildman–Crippen LogP) is 3.02. The Labute approximate surface area is 170 Å². The Morgan fingerprint density at radius 1 is 1.07 bits per heavy atom. The Hall–Kier alpha value is -2.57. The van der Waals surface area contributed by atoms with Crippen LogP contribution in [0.4, 0.5) is 10.5 Å². The summed E-state index contributed by atoms with van der Waals surface area (Å²) in [6.45, 7) is 1.99. The Bertz CT molecular complexity index is 808. The molecular formula is C21H25ClN4O2. The van der Waals surface area contributed by atoms with Crippen LogP contribution in [-0.4, -0.2) is 43.0 Å². The van der Waals surface area contributed by atoms with Gasteiger partial charge in [-0.1, -0.05) is 35.9 Å². The average Bonchev–Trinajstić information content (AvgIpc) is 3.18. The highest BCUT2D eigenvalue weighted by Gasteiger charge is 2.24. The standard InChI is InChI=1S/C21H25ClN4O2/c1-23-19-10-11-26(14-19)20(27)12-15-4-8-18(9-5-15)25-21(28)24-13-16-2-6-17(22)7-3-16/h2-9,19,23H,10-14H2,1H3,(H2,24,25,28)/t19-/m1/s1. The van der Waals surface area contributed by atoms with E-state index in [0.29, 0.717) is 29.7 Å². The molecule has 0 bridgehead atoms. The van der Waals surface area contributed by atoms with Crippen molar-refractivity contribution in [3.63, 3.8) is 0 Å². The molecular weight excluding hydrogens is 376 g/mol. The monoisotopic (exact) mass is 400 g/mol. The van der Waals surface area contributed by atoms with E-state index in [1.165, 1.54) is 0 Å². The molecule has 1 fully saturated rings. The second-order valence-corrected chi connectivity index (χ2v) is 7.36. The Kier molecular flexibility index (Phi) is 6.90. The number of halogens is 1. The highest BCUT2D eigenvalue weighted by atomic mass is 35.5. The van der Waals surface area contributed by atoms with Crippen molar-refractivity contribution in [3.05, 3.63) is 64.7 Å².